The lowest BCUT2D eigenvalue weighted by Crippen LogP contribution is -2.35. The number of aromatic nitrogens is 2. The van der Waals surface area contributed by atoms with Crippen LogP contribution in [0.1, 0.15) is 25.1 Å². The van der Waals surface area contributed by atoms with Gasteiger partial charge in [-0.05, 0) is 20.3 Å². The molecular weight excluding hydrogens is 194 g/mol. The molecule has 0 spiro atoms. The van der Waals surface area contributed by atoms with Crippen molar-refractivity contribution in [3.05, 3.63) is 11.7 Å². The molecule has 84 valence electrons. The molecule has 2 rings (SSSR count). The topological polar surface area (TPSA) is 60.2 Å². The van der Waals surface area contributed by atoms with Crippen LogP contribution in [0.5, 0.6) is 0 Å². The maximum Gasteiger partial charge on any atom is 0.227 e. The molecule has 0 aliphatic carbocycles. The molecule has 1 saturated heterocycles. The average molecular weight is 211 g/mol. The van der Waals surface area contributed by atoms with Crippen molar-refractivity contribution in [3.63, 3.8) is 0 Å². The average Bonchev–Trinajstić information content (AvgIpc) is 2.77. The third-order valence-electron chi connectivity index (χ3n) is 2.69. The normalized spacial score (nSPS) is 26.0. The second kappa shape index (κ2) is 4.72. The highest BCUT2D eigenvalue weighted by Crippen LogP contribution is 2.12. The van der Waals surface area contributed by atoms with Crippen LogP contribution in [-0.4, -0.2) is 35.4 Å². The van der Waals surface area contributed by atoms with E-state index in [1.165, 1.54) is 0 Å². The first-order valence-corrected chi connectivity index (χ1v) is 5.40. The van der Waals surface area contributed by atoms with E-state index in [9.17, 15) is 0 Å². The second-order valence-electron chi connectivity index (χ2n) is 3.91. The minimum atomic E-state index is 0.314. The molecule has 1 N–H and O–H groups in total. The second-order valence-corrected chi connectivity index (χ2v) is 3.91. The minimum Gasteiger partial charge on any atom is -0.377 e. The van der Waals surface area contributed by atoms with Crippen LogP contribution >= 0.6 is 0 Å². The Kier molecular flexibility index (Phi) is 3.33. The maximum absolute atomic E-state index is 5.46. The van der Waals surface area contributed by atoms with Crippen LogP contribution in [0.4, 0.5) is 0 Å². The van der Waals surface area contributed by atoms with Crippen LogP contribution in [0.25, 0.3) is 0 Å². The maximum atomic E-state index is 5.46. The van der Waals surface area contributed by atoms with Crippen molar-refractivity contribution in [3.8, 4) is 0 Å². The van der Waals surface area contributed by atoms with E-state index in [-0.39, 0.29) is 0 Å². The fraction of sp³-hybridized carbons (Fsp3) is 0.800. The summed E-state index contributed by atoms with van der Waals surface area (Å²) < 4.78 is 10.5. The zero-order chi connectivity index (χ0) is 10.7. The molecule has 0 aromatic carbocycles. The van der Waals surface area contributed by atoms with Gasteiger partial charge in [-0.2, -0.15) is 4.98 Å². The predicted molar refractivity (Wildman–Crippen MR) is 54.6 cm³/mol. The van der Waals surface area contributed by atoms with E-state index >= 15 is 0 Å². The third kappa shape index (κ3) is 2.76. The zero-order valence-electron chi connectivity index (χ0n) is 9.19. The Balaban J connectivity index is 1.70. The molecule has 1 aliphatic rings. The highest BCUT2D eigenvalue weighted by atomic mass is 16.5. The van der Waals surface area contributed by atoms with Gasteiger partial charge in [-0.15, -0.1) is 0 Å². The van der Waals surface area contributed by atoms with Gasteiger partial charge in [0.15, 0.2) is 5.82 Å². The molecule has 2 atom stereocenters. The number of aryl methyl sites for hydroxylation is 1. The summed E-state index contributed by atoms with van der Waals surface area (Å²) in [6.45, 7) is 5.65. The van der Waals surface area contributed by atoms with Gasteiger partial charge in [-0.25, -0.2) is 0 Å². The standard InChI is InChI=1S/C10H17N3O2/c1-7-9(4-6-14-7)11-5-3-10-12-8(2)13-15-10/h7,9,11H,3-6H2,1-2H3. The summed E-state index contributed by atoms with van der Waals surface area (Å²) in [4.78, 5) is 4.14. The summed E-state index contributed by atoms with van der Waals surface area (Å²) in [6.07, 6.45) is 2.18. The van der Waals surface area contributed by atoms with Gasteiger partial charge in [0.1, 0.15) is 0 Å². The highest BCUT2D eigenvalue weighted by Gasteiger charge is 2.23. The third-order valence-corrected chi connectivity index (χ3v) is 2.69. The van der Waals surface area contributed by atoms with Gasteiger partial charge in [0.2, 0.25) is 5.89 Å². The Morgan fingerprint density at radius 1 is 1.53 bits per heavy atom. The fourth-order valence-corrected chi connectivity index (χ4v) is 1.81. The molecule has 1 aliphatic heterocycles. The number of hydrogen-bond acceptors (Lipinski definition) is 5. The summed E-state index contributed by atoms with van der Waals surface area (Å²) in [7, 11) is 0. The molecule has 2 unspecified atom stereocenters. The number of nitrogens with zero attached hydrogens (tertiary/aromatic N) is 2. The molecule has 0 bridgehead atoms. The Morgan fingerprint density at radius 3 is 3.00 bits per heavy atom. The van der Waals surface area contributed by atoms with E-state index in [2.05, 4.69) is 22.4 Å². The summed E-state index contributed by atoms with van der Waals surface area (Å²) >= 11 is 0. The Labute approximate surface area is 89.2 Å². The largest absolute Gasteiger partial charge is 0.377 e. The summed E-state index contributed by atoms with van der Waals surface area (Å²) in [5.41, 5.74) is 0. The molecule has 5 nitrogen and oxygen atoms in total. The van der Waals surface area contributed by atoms with Crippen molar-refractivity contribution in [2.75, 3.05) is 13.2 Å². The smallest absolute Gasteiger partial charge is 0.227 e. The van der Waals surface area contributed by atoms with Gasteiger partial charge in [-0.1, -0.05) is 5.16 Å². The Morgan fingerprint density at radius 2 is 2.40 bits per heavy atom. The SMILES string of the molecule is Cc1noc(CCNC2CCOC2C)n1. The number of rotatable bonds is 4. The quantitative estimate of drug-likeness (QED) is 0.794. The molecular formula is C10H17N3O2. The van der Waals surface area contributed by atoms with Gasteiger partial charge in [0, 0.05) is 25.6 Å². The van der Waals surface area contributed by atoms with Crippen LogP contribution in [0.2, 0.25) is 0 Å². The molecule has 2 heterocycles. The van der Waals surface area contributed by atoms with E-state index in [1.807, 2.05) is 6.92 Å². The molecule has 15 heavy (non-hydrogen) atoms. The molecule has 0 amide bonds. The van der Waals surface area contributed by atoms with E-state index in [4.69, 9.17) is 9.26 Å². The van der Waals surface area contributed by atoms with Gasteiger partial charge >= 0.3 is 0 Å². The van der Waals surface area contributed by atoms with Crippen LogP contribution in [0.15, 0.2) is 4.52 Å². The van der Waals surface area contributed by atoms with Crippen molar-refractivity contribution in [1.29, 1.82) is 0 Å². The van der Waals surface area contributed by atoms with Crippen LogP contribution < -0.4 is 5.32 Å². The van der Waals surface area contributed by atoms with Crippen LogP contribution in [0, 0.1) is 6.92 Å². The molecule has 1 aromatic rings. The number of hydrogen-bond donors (Lipinski definition) is 1. The highest BCUT2D eigenvalue weighted by molar-refractivity contribution is 4.85. The summed E-state index contributed by atoms with van der Waals surface area (Å²) in [5, 5.41) is 7.18. The number of nitrogens with one attached hydrogen (secondary N) is 1. The monoisotopic (exact) mass is 211 g/mol. The van der Waals surface area contributed by atoms with Crippen molar-refractivity contribution in [2.45, 2.75) is 38.8 Å². The first-order chi connectivity index (χ1) is 7.25. The van der Waals surface area contributed by atoms with Gasteiger partial charge in [0.05, 0.1) is 6.10 Å². The van der Waals surface area contributed by atoms with Crippen molar-refractivity contribution < 1.29 is 9.26 Å². The van der Waals surface area contributed by atoms with Gasteiger partial charge in [-0.3, -0.25) is 0 Å². The van der Waals surface area contributed by atoms with Gasteiger partial charge in [0.25, 0.3) is 0 Å². The van der Waals surface area contributed by atoms with E-state index < -0.39 is 0 Å². The summed E-state index contributed by atoms with van der Waals surface area (Å²) in [5.74, 6) is 1.40. The Bertz CT molecular complexity index is 313. The van der Waals surface area contributed by atoms with E-state index in [0.717, 1.165) is 26.0 Å². The number of ether oxygens (including phenoxy) is 1. The molecule has 1 aromatic heterocycles. The van der Waals surface area contributed by atoms with Crippen molar-refractivity contribution >= 4 is 0 Å². The Hall–Kier alpha value is -0.940. The molecule has 5 heteroatoms. The van der Waals surface area contributed by atoms with Gasteiger partial charge < -0.3 is 14.6 Å². The predicted octanol–water partition coefficient (Wildman–Crippen LogP) is 0.688. The minimum absolute atomic E-state index is 0.314. The fourth-order valence-electron chi connectivity index (χ4n) is 1.81. The van der Waals surface area contributed by atoms with Crippen molar-refractivity contribution in [1.82, 2.24) is 15.5 Å². The summed E-state index contributed by atoms with van der Waals surface area (Å²) in [6, 6.07) is 0.467. The lowest BCUT2D eigenvalue weighted by atomic mass is 10.1. The molecule has 0 saturated carbocycles. The van der Waals surface area contributed by atoms with E-state index in [0.29, 0.717) is 23.9 Å². The first-order valence-electron chi connectivity index (χ1n) is 5.40. The lowest BCUT2D eigenvalue weighted by molar-refractivity contribution is 0.113. The lowest BCUT2D eigenvalue weighted by Gasteiger charge is -2.14. The first kappa shape index (κ1) is 10.6. The van der Waals surface area contributed by atoms with E-state index in [1.54, 1.807) is 0 Å². The molecule has 0 radical (unpaired) electrons. The van der Waals surface area contributed by atoms with Crippen molar-refractivity contribution in [2.24, 2.45) is 0 Å². The molecule has 1 fully saturated rings. The van der Waals surface area contributed by atoms with Crippen LogP contribution in [0.3, 0.4) is 0 Å². The van der Waals surface area contributed by atoms with Crippen LogP contribution in [-0.2, 0) is 11.2 Å². The zero-order valence-corrected chi connectivity index (χ0v) is 9.19.